The average Bonchev–Trinajstić information content (AvgIpc) is 3.33. The number of amides is 1. The summed E-state index contributed by atoms with van der Waals surface area (Å²) in [5.74, 6) is -0.402. The Hall–Kier alpha value is -3.82. The topological polar surface area (TPSA) is 97.2 Å². The third kappa shape index (κ3) is 5.01. The van der Waals surface area contributed by atoms with Crippen LogP contribution in [0.25, 0.3) is 16.9 Å². The molecular weight excluding hydrogens is 462 g/mol. The number of benzene rings is 2. The minimum absolute atomic E-state index is 0.173. The van der Waals surface area contributed by atoms with Gasteiger partial charge in [0.1, 0.15) is 5.69 Å². The van der Waals surface area contributed by atoms with Gasteiger partial charge in [-0.1, -0.05) is 38.1 Å². The van der Waals surface area contributed by atoms with Gasteiger partial charge in [-0.15, -0.1) is 0 Å². The SMILES string of the molecule is CCN(CC)S(=O)(=O)c1cc(NC(=O)c2cn(-c3ccccc3)nc2-c2cccnc2)ccc1C. The van der Waals surface area contributed by atoms with Crippen LogP contribution in [0.5, 0.6) is 0 Å². The van der Waals surface area contributed by atoms with E-state index < -0.39 is 15.9 Å². The molecule has 0 bridgehead atoms. The lowest BCUT2D eigenvalue weighted by molar-refractivity contribution is 0.102. The smallest absolute Gasteiger partial charge is 0.259 e. The van der Waals surface area contributed by atoms with Gasteiger partial charge in [-0.05, 0) is 48.9 Å². The summed E-state index contributed by atoms with van der Waals surface area (Å²) in [6.45, 7) is 6.06. The monoisotopic (exact) mass is 489 g/mol. The quantitative estimate of drug-likeness (QED) is 0.392. The summed E-state index contributed by atoms with van der Waals surface area (Å²) in [6.07, 6.45) is 4.96. The van der Waals surface area contributed by atoms with Gasteiger partial charge in [0.25, 0.3) is 5.91 Å². The highest BCUT2D eigenvalue weighted by Crippen LogP contribution is 2.27. The number of aryl methyl sites for hydroxylation is 1. The third-order valence-corrected chi connectivity index (χ3v) is 7.88. The van der Waals surface area contributed by atoms with Crippen molar-refractivity contribution in [2.75, 3.05) is 18.4 Å². The Morgan fingerprint density at radius 1 is 1.03 bits per heavy atom. The van der Waals surface area contributed by atoms with E-state index in [4.69, 9.17) is 0 Å². The van der Waals surface area contributed by atoms with Gasteiger partial charge in [0.2, 0.25) is 10.0 Å². The molecule has 2 aromatic heterocycles. The van der Waals surface area contributed by atoms with Gasteiger partial charge >= 0.3 is 0 Å². The Kier molecular flexibility index (Phi) is 7.09. The second kappa shape index (κ2) is 10.2. The van der Waals surface area contributed by atoms with Crippen molar-refractivity contribution in [2.24, 2.45) is 0 Å². The maximum Gasteiger partial charge on any atom is 0.259 e. The summed E-state index contributed by atoms with van der Waals surface area (Å²) in [4.78, 5) is 17.7. The molecule has 0 aliphatic heterocycles. The largest absolute Gasteiger partial charge is 0.322 e. The van der Waals surface area contributed by atoms with Crippen LogP contribution in [0.2, 0.25) is 0 Å². The standard InChI is InChI=1S/C26H27N5O3S/c1-4-30(5-2)35(33,34)24-16-21(14-13-19(24)3)28-26(32)23-18-31(22-11-7-6-8-12-22)29-25(23)20-10-9-15-27-17-20/h6-18H,4-5H2,1-3H3,(H,28,32). The van der Waals surface area contributed by atoms with E-state index in [-0.39, 0.29) is 4.90 Å². The van der Waals surface area contributed by atoms with Gasteiger partial charge in [-0.2, -0.15) is 9.40 Å². The first-order chi connectivity index (χ1) is 16.8. The van der Waals surface area contributed by atoms with Crippen molar-refractivity contribution >= 4 is 21.6 Å². The fraction of sp³-hybridized carbons (Fsp3) is 0.192. The molecule has 0 spiro atoms. The van der Waals surface area contributed by atoms with Crippen molar-refractivity contribution in [1.82, 2.24) is 19.1 Å². The molecule has 9 heteroatoms. The van der Waals surface area contributed by atoms with Crippen LogP contribution in [-0.4, -0.2) is 46.5 Å². The van der Waals surface area contributed by atoms with E-state index >= 15 is 0 Å². The van der Waals surface area contributed by atoms with E-state index in [1.54, 1.807) is 62.2 Å². The number of sulfonamides is 1. The minimum atomic E-state index is -3.68. The molecule has 4 aromatic rings. The minimum Gasteiger partial charge on any atom is -0.322 e. The molecule has 0 saturated heterocycles. The molecule has 2 heterocycles. The predicted octanol–water partition coefficient (Wildman–Crippen LogP) is 4.53. The number of carbonyl (C=O) groups excluding carboxylic acids is 1. The molecule has 0 aliphatic carbocycles. The number of anilines is 1. The maximum absolute atomic E-state index is 13.4. The molecule has 2 aromatic carbocycles. The van der Waals surface area contributed by atoms with Crippen LogP contribution >= 0.6 is 0 Å². The lowest BCUT2D eigenvalue weighted by Gasteiger charge is -2.20. The molecule has 4 rings (SSSR count). The Morgan fingerprint density at radius 3 is 2.43 bits per heavy atom. The van der Waals surface area contributed by atoms with Crippen LogP contribution in [0.4, 0.5) is 5.69 Å². The fourth-order valence-electron chi connectivity index (χ4n) is 3.83. The van der Waals surface area contributed by atoms with Crippen molar-refractivity contribution in [3.8, 4) is 16.9 Å². The van der Waals surface area contributed by atoms with Crippen molar-refractivity contribution < 1.29 is 13.2 Å². The second-order valence-electron chi connectivity index (χ2n) is 7.94. The number of rotatable bonds is 8. The lowest BCUT2D eigenvalue weighted by atomic mass is 10.1. The van der Waals surface area contributed by atoms with Gasteiger partial charge in [-0.25, -0.2) is 13.1 Å². The molecule has 0 atom stereocenters. The summed E-state index contributed by atoms with van der Waals surface area (Å²) >= 11 is 0. The Balaban J connectivity index is 1.72. The van der Waals surface area contributed by atoms with Crippen LogP contribution in [-0.2, 0) is 10.0 Å². The highest BCUT2D eigenvalue weighted by molar-refractivity contribution is 7.89. The van der Waals surface area contributed by atoms with E-state index in [1.165, 1.54) is 10.4 Å². The van der Waals surface area contributed by atoms with Gasteiger partial charge < -0.3 is 5.32 Å². The number of hydrogen-bond acceptors (Lipinski definition) is 5. The number of para-hydroxylation sites is 1. The predicted molar refractivity (Wildman–Crippen MR) is 136 cm³/mol. The van der Waals surface area contributed by atoms with Crippen molar-refractivity contribution in [1.29, 1.82) is 0 Å². The molecule has 1 N–H and O–H groups in total. The number of aromatic nitrogens is 3. The molecule has 0 unspecified atom stereocenters. The van der Waals surface area contributed by atoms with Crippen LogP contribution in [0.3, 0.4) is 0 Å². The molecule has 0 saturated carbocycles. The van der Waals surface area contributed by atoms with Crippen LogP contribution in [0.1, 0.15) is 29.8 Å². The molecule has 8 nitrogen and oxygen atoms in total. The van der Waals surface area contributed by atoms with E-state index in [1.807, 2.05) is 36.4 Å². The third-order valence-electron chi connectivity index (χ3n) is 5.68. The van der Waals surface area contributed by atoms with Gasteiger partial charge in [0, 0.05) is 42.9 Å². The zero-order valence-corrected chi connectivity index (χ0v) is 20.7. The first-order valence-corrected chi connectivity index (χ1v) is 12.8. The Labute approximate surface area is 205 Å². The number of hydrogen-bond donors (Lipinski definition) is 1. The molecule has 180 valence electrons. The number of pyridine rings is 1. The number of nitrogens with zero attached hydrogens (tertiary/aromatic N) is 4. The molecule has 35 heavy (non-hydrogen) atoms. The van der Waals surface area contributed by atoms with Gasteiger partial charge in [0.15, 0.2) is 0 Å². The van der Waals surface area contributed by atoms with Gasteiger partial charge in [0.05, 0.1) is 16.1 Å². The number of carbonyl (C=O) groups is 1. The average molecular weight is 490 g/mol. The first-order valence-electron chi connectivity index (χ1n) is 11.3. The highest BCUT2D eigenvalue weighted by atomic mass is 32.2. The Morgan fingerprint density at radius 2 is 1.77 bits per heavy atom. The summed E-state index contributed by atoms with van der Waals surface area (Å²) in [5.41, 5.74) is 3.32. The molecule has 0 radical (unpaired) electrons. The fourth-order valence-corrected chi connectivity index (χ4v) is 5.53. The molecule has 1 amide bonds. The van der Waals surface area contributed by atoms with Gasteiger partial charge in [-0.3, -0.25) is 9.78 Å². The summed E-state index contributed by atoms with van der Waals surface area (Å²) in [6, 6.07) is 18.0. The zero-order chi connectivity index (χ0) is 25.0. The summed E-state index contributed by atoms with van der Waals surface area (Å²) < 4.78 is 29.3. The van der Waals surface area contributed by atoms with Crippen molar-refractivity contribution in [3.63, 3.8) is 0 Å². The summed E-state index contributed by atoms with van der Waals surface area (Å²) in [7, 11) is -3.68. The Bertz CT molecular complexity index is 1430. The van der Waals surface area contributed by atoms with Crippen LogP contribution in [0, 0.1) is 6.92 Å². The van der Waals surface area contributed by atoms with E-state index in [0.29, 0.717) is 41.2 Å². The molecule has 0 fully saturated rings. The van der Waals surface area contributed by atoms with Crippen molar-refractivity contribution in [2.45, 2.75) is 25.7 Å². The normalized spacial score (nSPS) is 11.5. The van der Waals surface area contributed by atoms with E-state index in [2.05, 4.69) is 15.4 Å². The molecule has 0 aliphatic rings. The first kappa shape index (κ1) is 24.3. The van der Waals surface area contributed by atoms with E-state index in [0.717, 1.165) is 5.69 Å². The number of nitrogens with one attached hydrogen (secondary N) is 1. The highest BCUT2D eigenvalue weighted by Gasteiger charge is 2.25. The maximum atomic E-state index is 13.4. The lowest BCUT2D eigenvalue weighted by Crippen LogP contribution is -2.31. The van der Waals surface area contributed by atoms with Crippen LogP contribution < -0.4 is 5.32 Å². The zero-order valence-electron chi connectivity index (χ0n) is 19.8. The molecular formula is C26H27N5O3S. The second-order valence-corrected chi connectivity index (χ2v) is 9.84. The summed E-state index contributed by atoms with van der Waals surface area (Å²) in [5, 5.41) is 7.50. The van der Waals surface area contributed by atoms with Crippen molar-refractivity contribution in [3.05, 3.63) is 90.4 Å². The van der Waals surface area contributed by atoms with E-state index in [9.17, 15) is 13.2 Å². The van der Waals surface area contributed by atoms with Crippen LogP contribution in [0.15, 0.2) is 84.1 Å².